The van der Waals surface area contributed by atoms with E-state index in [9.17, 15) is 14.7 Å². The maximum absolute atomic E-state index is 12.3. The van der Waals surface area contributed by atoms with Crippen LogP contribution in [-0.2, 0) is 16.1 Å². The molecule has 0 bridgehead atoms. The number of nitrogens with zero attached hydrogens (tertiary/aromatic N) is 2. The Morgan fingerprint density at radius 3 is 2.53 bits per heavy atom. The quantitative estimate of drug-likeness (QED) is 0.524. The average molecular weight is 500 g/mol. The normalized spacial score (nSPS) is 15.2. The van der Waals surface area contributed by atoms with Crippen molar-refractivity contribution in [1.82, 2.24) is 15.2 Å². The molecule has 3 rings (SSSR count). The van der Waals surface area contributed by atoms with Crippen molar-refractivity contribution in [3.05, 3.63) is 59.8 Å². The van der Waals surface area contributed by atoms with E-state index in [1.807, 2.05) is 30.3 Å². The van der Waals surface area contributed by atoms with Gasteiger partial charge in [-0.3, -0.25) is 0 Å². The molecule has 0 saturated carbocycles. The molecule has 2 aromatic rings. The van der Waals surface area contributed by atoms with Gasteiger partial charge in [0.2, 0.25) is 5.88 Å². The van der Waals surface area contributed by atoms with Gasteiger partial charge >= 0.3 is 12.2 Å². The Hall–Kier alpha value is -3.33. The van der Waals surface area contributed by atoms with Gasteiger partial charge in [0.25, 0.3) is 0 Å². The molecule has 0 spiro atoms. The summed E-state index contributed by atoms with van der Waals surface area (Å²) in [5.74, 6) is 0.743. The van der Waals surface area contributed by atoms with Crippen LogP contribution in [0, 0.1) is 5.92 Å². The number of rotatable bonds is 9. The standard InChI is InChI=1S/C27H37N3O6/c1-27(2,3)36-25(32)28-15-12-23(31)22-10-7-11-24(29-22)34-18-21-13-16-30(17-14-21)26(33)35-19-20-8-5-4-6-9-20/h4-11,21,23,31H,12-19H2,1-3H3,(H,28,32)/t23-/m1/s1. The number of alkyl carbamates (subject to hydrolysis) is 1. The number of pyridine rings is 1. The number of amides is 2. The van der Waals surface area contributed by atoms with Crippen LogP contribution in [0.5, 0.6) is 5.88 Å². The van der Waals surface area contributed by atoms with E-state index in [0.29, 0.717) is 43.6 Å². The number of benzene rings is 1. The minimum atomic E-state index is -0.839. The third-order valence-electron chi connectivity index (χ3n) is 5.72. The zero-order chi connectivity index (χ0) is 26.0. The van der Waals surface area contributed by atoms with Crippen molar-refractivity contribution in [1.29, 1.82) is 0 Å². The van der Waals surface area contributed by atoms with Gasteiger partial charge in [0.15, 0.2) is 0 Å². The number of aromatic nitrogens is 1. The van der Waals surface area contributed by atoms with Crippen molar-refractivity contribution in [3.8, 4) is 5.88 Å². The minimum Gasteiger partial charge on any atom is -0.477 e. The fourth-order valence-corrected chi connectivity index (χ4v) is 3.77. The summed E-state index contributed by atoms with van der Waals surface area (Å²) in [6, 6.07) is 14.9. The van der Waals surface area contributed by atoms with Crippen molar-refractivity contribution in [2.75, 3.05) is 26.2 Å². The number of hydrogen-bond acceptors (Lipinski definition) is 7. The van der Waals surface area contributed by atoms with Crippen LogP contribution in [0.3, 0.4) is 0 Å². The monoisotopic (exact) mass is 499 g/mol. The molecular formula is C27H37N3O6. The van der Waals surface area contributed by atoms with Crippen LogP contribution in [-0.4, -0.2) is 59.0 Å². The fourth-order valence-electron chi connectivity index (χ4n) is 3.77. The molecule has 1 saturated heterocycles. The number of ether oxygens (including phenoxy) is 3. The molecule has 2 amide bonds. The summed E-state index contributed by atoms with van der Waals surface area (Å²) < 4.78 is 16.5. The lowest BCUT2D eigenvalue weighted by Gasteiger charge is -2.31. The predicted octanol–water partition coefficient (Wildman–Crippen LogP) is 4.46. The van der Waals surface area contributed by atoms with Crippen molar-refractivity contribution >= 4 is 12.2 Å². The summed E-state index contributed by atoms with van der Waals surface area (Å²) in [7, 11) is 0. The molecule has 196 valence electrons. The van der Waals surface area contributed by atoms with Crippen LogP contribution in [0.2, 0.25) is 0 Å². The molecule has 9 heteroatoms. The van der Waals surface area contributed by atoms with E-state index in [4.69, 9.17) is 14.2 Å². The van der Waals surface area contributed by atoms with Gasteiger partial charge in [0.05, 0.1) is 18.4 Å². The second-order valence-electron chi connectivity index (χ2n) is 9.92. The second-order valence-corrected chi connectivity index (χ2v) is 9.92. The maximum atomic E-state index is 12.3. The average Bonchev–Trinajstić information content (AvgIpc) is 2.86. The number of hydrogen-bond donors (Lipinski definition) is 2. The number of carbonyl (C=O) groups excluding carboxylic acids is 2. The van der Waals surface area contributed by atoms with E-state index >= 15 is 0 Å². The summed E-state index contributed by atoms with van der Waals surface area (Å²) >= 11 is 0. The van der Waals surface area contributed by atoms with Crippen molar-refractivity contribution in [2.45, 2.75) is 58.3 Å². The zero-order valence-corrected chi connectivity index (χ0v) is 21.3. The largest absolute Gasteiger partial charge is 0.477 e. The lowest BCUT2D eigenvalue weighted by Crippen LogP contribution is -2.40. The zero-order valence-electron chi connectivity index (χ0n) is 21.3. The highest BCUT2D eigenvalue weighted by Crippen LogP contribution is 2.21. The van der Waals surface area contributed by atoms with Gasteiger partial charge < -0.3 is 29.5 Å². The summed E-state index contributed by atoms with van der Waals surface area (Å²) in [4.78, 5) is 30.2. The first-order valence-corrected chi connectivity index (χ1v) is 12.4. The van der Waals surface area contributed by atoms with Gasteiger partial charge in [-0.1, -0.05) is 36.4 Å². The van der Waals surface area contributed by atoms with Gasteiger partial charge in [-0.05, 0) is 57.6 Å². The van der Waals surface area contributed by atoms with Crippen molar-refractivity contribution in [3.63, 3.8) is 0 Å². The van der Waals surface area contributed by atoms with Crippen LogP contribution in [0.25, 0.3) is 0 Å². The Balaban J connectivity index is 1.36. The highest BCUT2D eigenvalue weighted by Gasteiger charge is 2.24. The highest BCUT2D eigenvalue weighted by molar-refractivity contribution is 5.68. The summed E-state index contributed by atoms with van der Waals surface area (Å²) in [6.45, 7) is 7.64. The topological polar surface area (TPSA) is 110 Å². The van der Waals surface area contributed by atoms with E-state index in [1.54, 1.807) is 43.9 Å². The molecule has 0 radical (unpaired) electrons. The number of aliphatic hydroxyl groups excluding tert-OH is 1. The van der Waals surface area contributed by atoms with E-state index in [2.05, 4.69) is 10.3 Å². The smallest absolute Gasteiger partial charge is 0.410 e. The lowest BCUT2D eigenvalue weighted by atomic mass is 9.98. The molecule has 0 unspecified atom stereocenters. The number of nitrogens with one attached hydrogen (secondary N) is 1. The summed E-state index contributed by atoms with van der Waals surface area (Å²) in [6.07, 6.45) is 0.291. The molecule has 1 aliphatic heterocycles. The van der Waals surface area contributed by atoms with Crippen LogP contribution < -0.4 is 10.1 Å². The van der Waals surface area contributed by atoms with Crippen molar-refractivity contribution < 1.29 is 28.9 Å². The predicted molar refractivity (Wildman–Crippen MR) is 134 cm³/mol. The van der Waals surface area contributed by atoms with Gasteiger partial charge in [-0.15, -0.1) is 0 Å². The third kappa shape index (κ3) is 9.37. The molecule has 1 aliphatic rings. The van der Waals surface area contributed by atoms with Crippen LogP contribution >= 0.6 is 0 Å². The molecule has 9 nitrogen and oxygen atoms in total. The SMILES string of the molecule is CC(C)(C)OC(=O)NCC[C@@H](O)c1cccc(OCC2CCN(C(=O)OCc3ccccc3)CC2)n1. The Morgan fingerprint density at radius 1 is 1.11 bits per heavy atom. The highest BCUT2D eigenvalue weighted by atomic mass is 16.6. The summed E-state index contributed by atoms with van der Waals surface area (Å²) in [5.41, 5.74) is 0.876. The minimum absolute atomic E-state index is 0.259. The van der Waals surface area contributed by atoms with E-state index < -0.39 is 17.8 Å². The number of likely N-dealkylation sites (tertiary alicyclic amines) is 1. The molecule has 36 heavy (non-hydrogen) atoms. The molecule has 0 aliphatic carbocycles. The lowest BCUT2D eigenvalue weighted by molar-refractivity contribution is 0.0517. The van der Waals surface area contributed by atoms with Crippen LogP contribution in [0.1, 0.15) is 57.4 Å². The number of carbonyl (C=O) groups is 2. The first kappa shape index (κ1) is 27.3. The van der Waals surface area contributed by atoms with Gasteiger partial charge in [-0.2, -0.15) is 0 Å². The molecule has 1 aromatic carbocycles. The van der Waals surface area contributed by atoms with Gasteiger partial charge in [0.1, 0.15) is 12.2 Å². The van der Waals surface area contributed by atoms with E-state index in [-0.39, 0.29) is 19.2 Å². The van der Waals surface area contributed by atoms with Gasteiger partial charge in [-0.25, -0.2) is 14.6 Å². The molecule has 1 fully saturated rings. The Kier molecular flexibility index (Phi) is 9.93. The maximum Gasteiger partial charge on any atom is 0.410 e. The van der Waals surface area contributed by atoms with E-state index in [1.165, 1.54) is 0 Å². The third-order valence-corrected chi connectivity index (χ3v) is 5.72. The molecule has 1 aromatic heterocycles. The van der Waals surface area contributed by atoms with Crippen LogP contribution in [0.4, 0.5) is 9.59 Å². The van der Waals surface area contributed by atoms with E-state index in [0.717, 1.165) is 18.4 Å². The molecule has 1 atom stereocenters. The van der Waals surface area contributed by atoms with Crippen LogP contribution in [0.15, 0.2) is 48.5 Å². The molecule has 2 heterocycles. The Labute approximate surface area is 212 Å². The number of piperidine rings is 1. The van der Waals surface area contributed by atoms with Crippen molar-refractivity contribution in [2.24, 2.45) is 5.92 Å². The summed E-state index contributed by atoms with van der Waals surface area (Å²) in [5, 5.41) is 13.1. The Morgan fingerprint density at radius 2 is 1.83 bits per heavy atom. The Bertz CT molecular complexity index is 971. The first-order chi connectivity index (χ1) is 17.2. The fraction of sp³-hybridized carbons (Fsp3) is 0.519. The molecule has 2 N–H and O–H groups in total. The number of aliphatic hydroxyl groups is 1. The second kappa shape index (κ2) is 13.1. The molecular weight excluding hydrogens is 462 g/mol. The van der Waals surface area contributed by atoms with Gasteiger partial charge in [0, 0.05) is 25.7 Å². The first-order valence-electron chi connectivity index (χ1n) is 12.4.